The van der Waals surface area contributed by atoms with E-state index in [1.807, 2.05) is 13.8 Å². The number of rotatable bonds is 4. The summed E-state index contributed by atoms with van der Waals surface area (Å²) in [5.74, 6) is 0.781. The van der Waals surface area contributed by atoms with E-state index >= 15 is 0 Å². The molecule has 1 aromatic heterocycles. The summed E-state index contributed by atoms with van der Waals surface area (Å²) in [6, 6.07) is 1.36. The van der Waals surface area contributed by atoms with E-state index in [9.17, 15) is 9.59 Å². The second-order valence-electron chi connectivity index (χ2n) is 6.01. The van der Waals surface area contributed by atoms with Gasteiger partial charge in [-0.15, -0.1) is 0 Å². The van der Waals surface area contributed by atoms with Gasteiger partial charge in [0.15, 0.2) is 0 Å². The molecule has 0 radical (unpaired) electrons. The van der Waals surface area contributed by atoms with Crippen LogP contribution < -0.4 is 5.32 Å². The molecular weight excluding hydrogens is 268 g/mol. The number of carbonyl (C=O) groups is 2. The molecule has 2 amide bonds. The summed E-state index contributed by atoms with van der Waals surface area (Å²) < 4.78 is 0. The summed E-state index contributed by atoms with van der Waals surface area (Å²) in [5.41, 5.74) is -0.832. The smallest absolute Gasteiger partial charge is 0.246 e. The summed E-state index contributed by atoms with van der Waals surface area (Å²) in [7, 11) is 0. The van der Waals surface area contributed by atoms with Crippen LogP contribution in [-0.4, -0.2) is 38.3 Å². The number of hydrogen-bond donors (Lipinski definition) is 1. The van der Waals surface area contributed by atoms with Crippen LogP contribution in [0.15, 0.2) is 18.5 Å². The van der Waals surface area contributed by atoms with Crippen LogP contribution in [0.4, 0.5) is 0 Å². The first-order valence-corrected chi connectivity index (χ1v) is 7.44. The molecule has 0 bridgehead atoms. The maximum absolute atomic E-state index is 12.8. The molecule has 2 aliphatic rings. The van der Waals surface area contributed by atoms with Gasteiger partial charge in [-0.05, 0) is 38.2 Å². The van der Waals surface area contributed by atoms with Gasteiger partial charge in [-0.3, -0.25) is 9.59 Å². The van der Waals surface area contributed by atoms with Crippen molar-refractivity contribution >= 4 is 11.8 Å². The van der Waals surface area contributed by atoms with Gasteiger partial charge in [0.2, 0.25) is 11.8 Å². The molecule has 0 spiro atoms. The summed E-state index contributed by atoms with van der Waals surface area (Å²) in [6.07, 6.45) is 5.89. The number of piperazine rings is 1. The molecule has 6 heteroatoms. The molecule has 0 aromatic carbocycles. The van der Waals surface area contributed by atoms with E-state index in [2.05, 4.69) is 15.3 Å². The van der Waals surface area contributed by atoms with Crippen molar-refractivity contribution in [3.63, 3.8) is 0 Å². The first-order valence-electron chi connectivity index (χ1n) is 7.44. The van der Waals surface area contributed by atoms with E-state index in [0.29, 0.717) is 18.2 Å². The highest BCUT2D eigenvalue weighted by atomic mass is 16.2. The van der Waals surface area contributed by atoms with Crippen molar-refractivity contribution in [3.05, 3.63) is 24.3 Å². The van der Waals surface area contributed by atoms with Gasteiger partial charge in [0.05, 0.1) is 6.54 Å². The van der Waals surface area contributed by atoms with Gasteiger partial charge in [-0.2, -0.15) is 0 Å². The third-order valence-electron chi connectivity index (χ3n) is 4.60. The molecular formula is C15H20N4O2. The largest absolute Gasteiger partial charge is 0.342 e. The van der Waals surface area contributed by atoms with Crippen molar-refractivity contribution in [2.24, 2.45) is 5.92 Å². The second kappa shape index (κ2) is 5.09. The Balaban J connectivity index is 1.90. The molecule has 1 saturated carbocycles. The second-order valence-corrected chi connectivity index (χ2v) is 6.01. The molecule has 2 unspecified atom stereocenters. The summed E-state index contributed by atoms with van der Waals surface area (Å²) in [6.45, 7) is 4.01. The molecule has 112 valence electrons. The molecule has 1 aromatic rings. The van der Waals surface area contributed by atoms with Gasteiger partial charge in [-0.1, -0.05) is 6.92 Å². The fraction of sp³-hybridized carbons (Fsp3) is 0.600. The minimum Gasteiger partial charge on any atom is -0.342 e. The van der Waals surface area contributed by atoms with Crippen molar-refractivity contribution in [1.82, 2.24) is 20.2 Å². The van der Waals surface area contributed by atoms with Crippen molar-refractivity contribution in [1.29, 1.82) is 0 Å². The fourth-order valence-electron chi connectivity index (χ4n) is 2.80. The predicted molar refractivity (Wildman–Crippen MR) is 75.9 cm³/mol. The average Bonchev–Trinajstić information content (AvgIpc) is 3.33. The highest BCUT2D eigenvalue weighted by Gasteiger charge is 2.52. The van der Waals surface area contributed by atoms with Crippen molar-refractivity contribution in [2.75, 3.05) is 0 Å². The Hall–Kier alpha value is -1.98. The number of hydrogen-bond acceptors (Lipinski definition) is 4. The quantitative estimate of drug-likeness (QED) is 0.892. The van der Waals surface area contributed by atoms with Crippen LogP contribution in [0.2, 0.25) is 0 Å². The number of amides is 2. The van der Waals surface area contributed by atoms with Crippen LogP contribution in [0, 0.1) is 5.92 Å². The maximum Gasteiger partial charge on any atom is 0.246 e. The zero-order valence-electron chi connectivity index (χ0n) is 12.4. The molecule has 2 atom stereocenters. The van der Waals surface area contributed by atoms with Crippen molar-refractivity contribution in [3.8, 4) is 0 Å². The van der Waals surface area contributed by atoms with Crippen molar-refractivity contribution < 1.29 is 9.59 Å². The molecule has 2 heterocycles. The van der Waals surface area contributed by atoms with E-state index in [1.165, 1.54) is 0 Å². The topological polar surface area (TPSA) is 75.2 Å². The first kappa shape index (κ1) is 14.0. The van der Waals surface area contributed by atoms with Crippen LogP contribution in [0.3, 0.4) is 0 Å². The Bertz CT molecular complexity index is 558. The highest BCUT2D eigenvalue weighted by Crippen LogP contribution is 2.37. The Kier molecular flexibility index (Phi) is 3.39. The van der Waals surface area contributed by atoms with E-state index < -0.39 is 5.54 Å². The Morgan fingerprint density at radius 2 is 2.00 bits per heavy atom. The van der Waals surface area contributed by atoms with Crippen LogP contribution >= 0.6 is 0 Å². The number of aromatic nitrogens is 2. The summed E-state index contributed by atoms with van der Waals surface area (Å²) in [5, 5.41) is 2.91. The van der Waals surface area contributed by atoms with Crippen LogP contribution in [0.5, 0.6) is 0 Å². The Labute approximate surface area is 124 Å². The van der Waals surface area contributed by atoms with Gasteiger partial charge >= 0.3 is 0 Å². The van der Waals surface area contributed by atoms with E-state index in [-0.39, 0.29) is 24.4 Å². The lowest BCUT2D eigenvalue weighted by Crippen LogP contribution is -2.69. The molecule has 3 rings (SSSR count). The molecule has 1 aliphatic heterocycles. The minimum atomic E-state index is -0.832. The van der Waals surface area contributed by atoms with Gasteiger partial charge in [-0.25, -0.2) is 9.97 Å². The number of carbonyl (C=O) groups excluding carboxylic acids is 2. The molecule has 1 aliphatic carbocycles. The standard InChI is InChI=1S/C15H20N4O2/c1-3-15(2)14(21)18-12(10-5-6-10)13(20)19(15)9-11-16-7-4-8-17-11/h4,7-8,10,12H,3,5-6,9H2,1-2H3,(H,18,21). The monoisotopic (exact) mass is 288 g/mol. The fourth-order valence-corrected chi connectivity index (χ4v) is 2.80. The lowest BCUT2D eigenvalue weighted by Gasteiger charge is -2.45. The number of nitrogens with zero attached hydrogens (tertiary/aromatic N) is 3. The highest BCUT2D eigenvalue weighted by molar-refractivity contribution is 5.99. The first-order chi connectivity index (χ1) is 10.1. The average molecular weight is 288 g/mol. The molecule has 21 heavy (non-hydrogen) atoms. The lowest BCUT2D eigenvalue weighted by molar-refractivity contribution is -0.158. The molecule has 2 fully saturated rings. The minimum absolute atomic E-state index is 0.00565. The zero-order valence-corrected chi connectivity index (χ0v) is 12.4. The van der Waals surface area contributed by atoms with E-state index in [4.69, 9.17) is 0 Å². The Morgan fingerprint density at radius 1 is 1.33 bits per heavy atom. The lowest BCUT2D eigenvalue weighted by atomic mass is 9.89. The summed E-state index contributed by atoms with van der Waals surface area (Å²) >= 11 is 0. The molecule has 1 saturated heterocycles. The van der Waals surface area contributed by atoms with E-state index in [1.54, 1.807) is 23.4 Å². The molecule has 1 N–H and O–H groups in total. The third kappa shape index (κ3) is 2.39. The van der Waals surface area contributed by atoms with Gasteiger partial charge in [0.1, 0.15) is 17.4 Å². The third-order valence-corrected chi connectivity index (χ3v) is 4.60. The summed E-state index contributed by atoms with van der Waals surface area (Å²) in [4.78, 5) is 35.3. The van der Waals surface area contributed by atoms with Gasteiger partial charge in [0, 0.05) is 12.4 Å². The van der Waals surface area contributed by atoms with Crippen LogP contribution in [-0.2, 0) is 16.1 Å². The normalized spacial score (nSPS) is 29.4. The zero-order chi connectivity index (χ0) is 15.0. The van der Waals surface area contributed by atoms with Crippen molar-refractivity contribution in [2.45, 2.75) is 51.2 Å². The van der Waals surface area contributed by atoms with Crippen LogP contribution in [0.1, 0.15) is 38.9 Å². The van der Waals surface area contributed by atoms with Gasteiger partial charge < -0.3 is 10.2 Å². The maximum atomic E-state index is 12.8. The molecule has 6 nitrogen and oxygen atoms in total. The van der Waals surface area contributed by atoms with Gasteiger partial charge in [0.25, 0.3) is 0 Å². The number of nitrogens with one attached hydrogen (secondary N) is 1. The predicted octanol–water partition coefficient (Wildman–Crippen LogP) is 0.882. The SMILES string of the molecule is CCC1(C)C(=O)NC(C2CC2)C(=O)N1Cc1ncccn1. The van der Waals surface area contributed by atoms with E-state index in [0.717, 1.165) is 12.8 Å². The Morgan fingerprint density at radius 3 is 2.57 bits per heavy atom. The van der Waals surface area contributed by atoms with Crippen LogP contribution in [0.25, 0.3) is 0 Å².